The van der Waals surface area contributed by atoms with Gasteiger partial charge < -0.3 is 10.3 Å². The van der Waals surface area contributed by atoms with Crippen LogP contribution < -0.4 is 5.32 Å². The van der Waals surface area contributed by atoms with Crippen LogP contribution in [-0.2, 0) is 6.42 Å². The minimum absolute atomic E-state index is 0.191. The number of benzene rings is 1. The minimum Gasteiger partial charge on any atom is -0.375 e. The van der Waals surface area contributed by atoms with Crippen LogP contribution in [0.5, 0.6) is 0 Å². The third-order valence-electron chi connectivity index (χ3n) is 3.28. The summed E-state index contributed by atoms with van der Waals surface area (Å²) in [7, 11) is 0. The molecule has 5 heteroatoms. The largest absolute Gasteiger partial charge is 0.375 e. The summed E-state index contributed by atoms with van der Waals surface area (Å²) >= 11 is 0. The van der Waals surface area contributed by atoms with Gasteiger partial charge in [0.2, 0.25) is 0 Å². The fraction of sp³-hybridized carbons (Fsp3) is 0.154. The molecule has 0 bridgehead atoms. The number of H-pyrrole nitrogens is 1. The molecule has 88 valence electrons. The number of hydrogen-bond acceptors (Lipinski definition) is 4. The standard InChI is InChI=1S/C13H11N5/c1-2-4-9-8(3-1)5-10(16-9)13-17-11-6-14-7-15-12(11)18-13/h1-4,6-7,10,16H,5H2,(H,14,15,17,18). The zero-order valence-electron chi connectivity index (χ0n) is 9.59. The number of nitrogens with one attached hydrogen (secondary N) is 2. The van der Waals surface area contributed by atoms with Crippen LogP contribution in [0, 0.1) is 0 Å². The van der Waals surface area contributed by atoms with Crippen molar-refractivity contribution < 1.29 is 0 Å². The van der Waals surface area contributed by atoms with Crippen molar-refractivity contribution in [3.63, 3.8) is 0 Å². The molecular formula is C13H11N5. The second-order valence-corrected chi connectivity index (χ2v) is 4.44. The summed E-state index contributed by atoms with van der Waals surface area (Å²) < 4.78 is 0. The number of aromatic amines is 1. The van der Waals surface area contributed by atoms with Gasteiger partial charge in [0.1, 0.15) is 17.7 Å². The number of hydrogen-bond donors (Lipinski definition) is 2. The highest BCUT2D eigenvalue weighted by atomic mass is 15.1. The van der Waals surface area contributed by atoms with Crippen LogP contribution in [0.4, 0.5) is 5.69 Å². The summed E-state index contributed by atoms with van der Waals surface area (Å²) in [5.41, 5.74) is 4.12. The van der Waals surface area contributed by atoms with Crippen LogP contribution in [0.1, 0.15) is 17.4 Å². The maximum Gasteiger partial charge on any atom is 0.180 e. The van der Waals surface area contributed by atoms with Gasteiger partial charge in [-0.25, -0.2) is 15.0 Å². The highest BCUT2D eigenvalue weighted by Crippen LogP contribution is 2.32. The topological polar surface area (TPSA) is 66.5 Å². The van der Waals surface area contributed by atoms with Crippen molar-refractivity contribution in [3.05, 3.63) is 48.2 Å². The second-order valence-electron chi connectivity index (χ2n) is 4.44. The maximum atomic E-state index is 4.51. The van der Waals surface area contributed by atoms with Gasteiger partial charge in [0.25, 0.3) is 0 Å². The van der Waals surface area contributed by atoms with Crippen molar-refractivity contribution in [3.8, 4) is 0 Å². The van der Waals surface area contributed by atoms with Gasteiger partial charge in [-0.15, -0.1) is 0 Å². The fourth-order valence-electron chi connectivity index (χ4n) is 2.41. The molecule has 1 atom stereocenters. The first-order valence-electron chi connectivity index (χ1n) is 5.90. The minimum atomic E-state index is 0.191. The summed E-state index contributed by atoms with van der Waals surface area (Å²) in [5.74, 6) is 0.918. The normalized spacial score (nSPS) is 17.7. The van der Waals surface area contributed by atoms with Gasteiger partial charge in [-0.05, 0) is 11.6 Å². The fourth-order valence-corrected chi connectivity index (χ4v) is 2.41. The summed E-state index contributed by atoms with van der Waals surface area (Å²) in [6, 6.07) is 8.53. The van der Waals surface area contributed by atoms with E-state index in [1.807, 2.05) is 6.07 Å². The van der Waals surface area contributed by atoms with Crippen LogP contribution in [0.2, 0.25) is 0 Å². The van der Waals surface area contributed by atoms with Gasteiger partial charge in [0.05, 0.1) is 12.2 Å². The molecule has 1 unspecified atom stereocenters. The Labute approximate surface area is 103 Å². The average Bonchev–Trinajstić information content (AvgIpc) is 3.02. The lowest BCUT2D eigenvalue weighted by atomic mass is 10.1. The molecule has 0 amide bonds. The van der Waals surface area contributed by atoms with Crippen molar-refractivity contribution in [1.82, 2.24) is 19.9 Å². The van der Waals surface area contributed by atoms with E-state index in [0.717, 1.165) is 23.4 Å². The zero-order chi connectivity index (χ0) is 11.9. The molecule has 0 saturated carbocycles. The van der Waals surface area contributed by atoms with Gasteiger partial charge in [0, 0.05) is 12.1 Å². The van der Waals surface area contributed by atoms with Crippen LogP contribution >= 0.6 is 0 Å². The highest BCUT2D eigenvalue weighted by molar-refractivity contribution is 5.69. The zero-order valence-corrected chi connectivity index (χ0v) is 9.59. The third kappa shape index (κ3) is 1.37. The summed E-state index contributed by atoms with van der Waals surface area (Å²) in [4.78, 5) is 15.9. The lowest BCUT2D eigenvalue weighted by Gasteiger charge is -2.06. The first kappa shape index (κ1) is 9.58. The molecule has 3 heterocycles. The predicted molar refractivity (Wildman–Crippen MR) is 68.2 cm³/mol. The Morgan fingerprint density at radius 3 is 3.06 bits per heavy atom. The molecule has 0 saturated heterocycles. The SMILES string of the molecule is c1ccc2c(c1)CC(c1nc3ncncc3[nH]1)N2. The third-order valence-corrected chi connectivity index (χ3v) is 3.28. The molecule has 0 spiro atoms. The number of fused-ring (bicyclic) bond motifs is 2. The van der Waals surface area contributed by atoms with E-state index in [1.54, 1.807) is 6.20 Å². The molecule has 2 aromatic heterocycles. The van der Waals surface area contributed by atoms with E-state index in [9.17, 15) is 0 Å². The number of para-hydroxylation sites is 1. The molecule has 0 fully saturated rings. The molecule has 18 heavy (non-hydrogen) atoms. The average molecular weight is 237 g/mol. The number of rotatable bonds is 1. The second kappa shape index (κ2) is 3.53. The Morgan fingerprint density at radius 2 is 2.17 bits per heavy atom. The molecule has 2 N–H and O–H groups in total. The van der Waals surface area contributed by atoms with Crippen LogP contribution in [0.15, 0.2) is 36.8 Å². The summed E-state index contributed by atoms with van der Waals surface area (Å²) in [6.07, 6.45) is 4.22. The van der Waals surface area contributed by atoms with Gasteiger partial charge in [0.15, 0.2) is 5.65 Å². The predicted octanol–water partition coefficient (Wildman–Crippen LogP) is 2.06. The Hall–Kier alpha value is -2.43. The maximum absolute atomic E-state index is 4.51. The highest BCUT2D eigenvalue weighted by Gasteiger charge is 2.24. The molecule has 1 aliphatic rings. The smallest absolute Gasteiger partial charge is 0.180 e. The van der Waals surface area contributed by atoms with Gasteiger partial charge in [-0.3, -0.25) is 0 Å². The molecule has 4 rings (SSSR count). The Morgan fingerprint density at radius 1 is 1.22 bits per heavy atom. The monoisotopic (exact) mass is 237 g/mol. The molecule has 0 radical (unpaired) electrons. The Bertz CT molecular complexity index is 660. The van der Waals surface area contributed by atoms with Crippen molar-refractivity contribution in [2.45, 2.75) is 12.5 Å². The van der Waals surface area contributed by atoms with Crippen molar-refractivity contribution in [2.24, 2.45) is 0 Å². The van der Waals surface area contributed by atoms with E-state index >= 15 is 0 Å². The van der Waals surface area contributed by atoms with Gasteiger partial charge >= 0.3 is 0 Å². The number of anilines is 1. The molecule has 3 aromatic rings. The Kier molecular flexibility index (Phi) is 1.88. The molecule has 1 aliphatic heterocycles. The molecule has 1 aromatic carbocycles. The van der Waals surface area contributed by atoms with E-state index in [-0.39, 0.29) is 6.04 Å². The number of aromatic nitrogens is 4. The Balaban J connectivity index is 1.73. The van der Waals surface area contributed by atoms with Crippen LogP contribution in [0.25, 0.3) is 11.2 Å². The van der Waals surface area contributed by atoms with Crippen molar-refractivity contribution in [2.75, 3.05) is 5.32 Å². The van der Waals surface area contributed by atoms with E-state index in [0.29, 0.717) is 0 Å². The molecular weight excluding hydrogens is 226 g/mol. The van der Waals surface area contributed by atoms with E-state index in [4.69, 9.17) is 0 Å². The summed E-state index contributed by atoms with van der Waals surface area (Å²) in [6.45, 7) is 0. The first-order chi connectivity index (χ1) is 8.90. The van der Waals surface area contributed by atoms with Crippen molar-refractivity contribution >= 4 is 16.9 Å². The summed E-state index contributed by atoms with van der Waals surface area (Å²) in [5, 5.41) is 3.47. The van der Waals surface area contributed by atoms with E-state index < -0.39 is 0 Å². The molecule has 0 aliphatic carbocycles. The first-order valence-corrected chi connectivity index (χ1v) is 5.90. The van der Waals surface area contributed by atoms with Crippen molar-refractivity contribution in [1.29, 1.82) is 0 Å². The van der Waals surface area contributed by atoms with Crippen LogP contribution in [-0.4, -0.2) is 19.9 Å². The van der Waals surface area contributed by atoms with E-state index in [2.05, 4.69) is 43.5 Å². The number of nitrogens with zero attached hydrogens (tertiary/aromatic N) is 3. The van der Waals surface area contributed by atoms with Gasteiger partial charge in [-0.2, -0.15) is 0 Å². The number of imidazole rings is 1. The lowest BCUT2D eigenvalue weighted by Crippen LogP contribution is -2.07. The lowest BCUT2D eigenvalue weighted by molar-refractivity contribution is 0.767. The molecule has 5 nitrogen and oxygen atoms in total. The van der Waals surface area contributed by atoms with Gasteiger partial charge in [-0.1, -0.05) is 18.2 Å². The quantitative estimate of drug-likeness (QED) is 0.680. The van der Waals surface area contributed by atoms with E-state index in [1.165, 1.54) is 17.6 Å². The van der Waals surface area contributed by atoms with Crippen LogP contribution in [0.3, 0.4) is 0 Å².